The number of piperidine rings is 1. The third-order valence-electron chi connectivity index (χ3n) is 3.90. The second-order valence-electron chi connectivity index (χ2n) is 4.99. The molecule has 3 heteroatoms. The van der Waals surface area contributed by atoms with Crippen LogP contribution in [0.4, 0.5) is 0 Å². The molecule has 2 rings (SSSR count). The van der Waals surface area contributed by atoms with Gasteiger partial charge in [0.05, 0.1) is 0 Å². The van der Waals surface area contributed by atoms with E-state index in [1.54, 1.807) is 6.92 Å². The first-order chi connectivity index (χ1) is 8.61. The summed E-state index contributed by atoms with van der Waals surface area (Å²) in [5.41, 5.74) is 0.542. The van der Waals surface area contributed by atoms with Crippen LogP contribution in [0, 0.1) is 5.41 Å². The van der Waals surface area contributed by atoms with Crippen molar-refractivity contribution in [3.63, 3.8) is 0 Å². The monoisotopic (exact) mass is 256 g/mol. The topological polar surface area (TPSA) is 23.6 Å². The van der Waals surface area contributed by atoms with Gasteiger partial charge in [0.1, 0.15) is 0 Å². The molecule has 2 aliphatic heterocycles. The fourth-order valence-electron chi connectivity index (χ4n) is 2.86. The van der Waals surface area contributed by atoms with Crippen molar-refractivity contribution >= 4 is 5.91 Å². The van der Waals surface area contributed by atoms with Crippen molar-refractivity contribution in [2.24, 2.45) is 5.41 Å². The van der Waals surface area contributed by atoms with E-state index < -0.39 is 0 Å². The maximum absolute atomic E-state index is 11.2. The number of amides is 1. The lowest BCUT2D eigenvalue weighted by Crippen LogP contribution is -2.43. The van der Waals surface area contributed by atoms with Gasteiger partial charge in [-0.3, -0.25) is 4.79 Å². The van der Waals surface area contributed by atoms with Gasteiger partial charge in [0.15, 0.2) is 0 Å². The number of rotatable bonds is 0. The van der Waals surface area contributed by atoms with Crippen molar-refractivity contribution < 1.29 is 4.79 Å². The van der Waals surface area contributed by atoms with Crippen LogP contribution in [0.25, 0.3) is 0 Å². The fraction of sp³-hybridized carbons (Fsp3) is 0.933. The Bertz CT molecular complexity index is 233. The van der Waals surface area contributed by atoms with Gasteiger partial charge in [-0.25, -0.2) is 0 Å². The minimum Gasteiger partial charge on any atom is -0.343 e. The highest BCUT2D eigenvalue weighted by molar-refractivity contribution is 5.73. The molecule has 0 saturated carbocycles. The van der Waals surface area contributed by atoms with Crippen LogP contribution in [0.1, 0.15) is 53.9 Å². The van der Waals surface area contributed by atoms with Crippen molar-refractivity contribution in [2.45, 2.75) is 53.9 Å². The number of hydrogen-bond acceptors (Lipinski definition) is 2. The third kappa shape index (κ3) is 4.60. The van der Waals surface area contributed by atoms with Gasteiger partial charge in [-0.1, -0.05) is 27.7 Å². The molecule has 0 radical (unpaired) electrons. The molecule has 0 atom stereocenters. The molecule has 2 fully saturated rings. The van der Waals surface area contributed by atoms with E-state index in [2.05, 4.69) is 11.9 Å². The Kier molecular flexibility index (Phi) is 8.25. The first kappa shape index (κ1) is 17.4. The Morgan fingerprint density at radius 2 is 1.39 bits per heavy atom. The summed E-state index contributed by atoms with van der Waals surface area (Å²) in [6, 6.07) is 0. The normalized spacial score (nSPS) is 21.8. The second kappa shape index (κ2) is 8.52. The van der Waals surface area contributed by atoms with E-state index in [0.717, 1.165) is 13.1 Å². The quantitative estimate of drug-likeness (QED) is 0.665. The van der Waals surface area contributed by atoms with Crippen molar-refractivity contribution in [1.82, 2.24) is 9.80 Å². The molecular weight excluding hydrogens is 224 g/mol. The fourth-order valence-corrected chi connectivity index (χ4v) is 2.86. The van der Waals surface area contributed by atoms with Crippen LogP contribution in [0.2, 0.25) is 0 Å². The summed E-state index contributed by atoms with van der Waals surface area (Å²) in [4.78, 5) is 15.6. The highest BCUT2D eigenvalue weighted by atomic mass is 16.2. The minimum atomic E-state index is 0.242. The standard InChI is InChI=1S/C11H20N2O.2C2H6/c1-10(14)13-7-4-11(5-8-13)3-6-12(2)9-11;2*1-2/h3-9H2,1-2H3;2*1-2H3. The molecule has 0 aromatic rings. The zero-order chi connectivity index (χ0) is 14.2. The van der Waals surface area contributed by atoms with Gasteiger partial charge in [-0.05, 0) is 38.3 Å². The molecule has 2 heterocycles. The molecule has 108 valence electrons. The SMILES string of the molecule is CC.CC.CC(=O)N1CCC2(CCN(C)C2)CC1. The van der Waals surface area contributed by atoms with Gasteiger partial charge in [0, 0.05) is 26.6 Å². The molecule has 1 amide bonds. The first-order valence-corrected chi connectivity index (χ1v) is 7.55. The van der Waals surface area contributed by atoms with Crippen LogP contribution in [0.3, 0.4) is 0 Å². The predicted molar refractivity (Wildman–Crippen MR) is 78.7 cm³/mol. The molecule has 0 aromatic heterocycles. The van der Waals surface area contributed by atoms with Gasteiger partial charge in [0.2, 0.25) is 5.91 Å². The summed E-state index contributed by atoms with van der Waals surface area (Å²) < 4.78 is 0. The van der Waals surface area contributed by atoms with Gasteiger partial charge < -0.3 is 9.80 Å². The van der Waals surface area contributed by atoms with Crippen LogP contribution >= 0.6 is 0 Å². The summed E-state index contributed by atoms with van der Waals surface area (Å²) >= 11 is 0. The lowest BCUT2D eigenvalue weighted by molar-refractivity contribution is -0.131. The molecule has 2 aliphatic rings. The van der Waals surface area contributed by atoms with E-state index in [9.17, 15) is 4.79 Å². The summed E-state index contributed by atoms with van der Waals surface area (Å²) in [6.07, 6.45) is 3.74. The van der Waals surface area contributed by atoms with Crippen molar-refractivity contribution in [2.75, 3.05) is 33.2 Å². The lowest BCUT2D eigenvalue weighted by Gasteiger charge is -2.38. The van der Waals surface area contributed by atoms with Gasteiger partial charge in [-0.2, -0.15) is 0 Å². The van der Waals surface area contributed by atoms with Gasteiger partial charge in [0.25, 0.3) is 0 Å². The maximum Gasteiger partial charge on any atom is 0.219 e. The van der Waals surface area contributed by atoms with Crippen molar-refractivity contribution in [3.8, 4) is 0 Å². The second-order valence-corrected chi connectivity index (χ2v) is 4.99. The molecular formula is C15H32N2O. The summed E-state index contributed by atoms with van der Waals surface area (Å²) in [5.74, 6) is 0.242. The van der Waals surface area contributed by atoms with E-state index in [1.807, 2.05) is 32.6 Å². The first-order valence-electron chi connectivity index (χ1n) is 7.55. The Hall–Kier alpha value is -0.570. The molecule has 3 nitrogen and oxygen atoms in total. The van der Waals surface area contributed by atoms with Crippen LogP contribution < -0.4 is 0 Å². The van der Waals surface area contributed by atoms with Crippen LogP contribution in [-0.2, 0) is 4.79 Å². The molecule has 0 bridgehead atoms. The average Bonchev–Trinajstić information content (AvgIpc) is 2.76. The molecule has 1 spiro atoms. The Labute approximate surface area is 114 Å². The number of hydrogen-bond donors (Lipinski definition) is 0. The Morgan fingerprint density at radius 1 is 0.944 bits per heavy atom. The predicted octanol–water partition coefficient (Wildman–Crippen LogP) is 3.00. The zero-order valence-electron chi connectivity index (χ0n) is 13.3. The number of likely N-dealkylation sites (tertiary alicyclic amines) is 2. The van der Waals surface area contributed by atoms with Crippen LogP contribution in [0.15, 0.2) is 0 Å². The van der Waals surface area contributed by atoms with E-state index in [-0.39, 0.29) is 5.91 Å². The van der Waals surface area contributed by atoms with Crippen molar-refractivity contribution in [3.05, 3.63) is 0 Å². The van der Waals surface area contributed by atoms with E-state index >= 15 is 0 Å². The molecule has 18 heavy (non-hydrogen) atoms. The summed E-state index contributed by atoms with van der Waals surface area (Å²) in [6.45, 7) is 14.1. The summed E-state index contributed by atoms with van der Waals surface area (Å²) in [5, 5.41) is 0. The van der Waals surface area contributed by atoms with Crippen molar-refractivity contribution in [1.29, 1.82) is 0 Å². The summed E-state index contributed by atoms with van der Waals surface area (Å²) in [7, 11) is 2.20. The minimum absolute atomic E-state index is 0.242. The Morgan fingerprint density at radius 3 is 1.72 bits per heavy atom. The highest BCUT2D eigenvalue weighted by Crippen LogP contribution is 2.39. The molecule has 0 aliphatic carbocycles. The molecule has 0 N–H and O–H groups in total. The number of carbonyl (C=O) groups is 1. The van der Waals surface area contributed by atoms with E-state index in [4.69, 9.17) is 0 Å². The zero-order valence-corrected chi connectivity index (χ0v) is 13.3. The van der Waals surface area contributed by atoms with E-state index in [1.165, 1.54) is 32.4 Å². The smallest absolute Gasteiger partial charge is 0.219 e. The lowest BCUT2D eigenvalue weighted by atomic mass is 9.78. The number of carbonyl (C=O) groups excluding carboxylic acids is 1. The number of nitrogens with zero attached hydrogens (tertiary/aromatic N) is 2. The van der Waals surface area contributed by atoms with Gasteiger partial charge >= 0.3 is 0 Å². The van der Waals surface area contributed by atoms with E-state index in [0.29, 0.717) is 5.41 Å². The molecule has 2 saturated heterocycles. The average molecular weight is 256 g/mol. The third-order valence-corrected chi connectivity index (χ3v) is 3.90. The maximum atomic E-state index is 11.2. The van der Waals surface area contributed by atoms with Crippen LogP contribution in [0.5, 0.6) is 0 Å². The highest BCUT2D eigenvalue weighted by Gasteiger charge is 2.39. The van der Waals surface area contributed by atoms with Gasteiger partial charge in [-0.15, -0.1) is 0 Å². The Balaban J connectivity index is 0.000000659. The van der Waals surface area contributed by atoms with Crippen LogP contribution in [-0.4, -0.2) is 48.9 Å². The molecule has 0 aromatic carbocycles. The largest absolute Gasteiger partial charge is 0.343 e. The molecule has 0 unspecified atom stereocenters.